The van der Waals surface area contributed by atoms with E-state index in [9.17, 15) is 5.48 Å². The van der Waals surface area contributed by atoms with Gasteiger partial charge in [0.15, 0.2) is 17.5 Å². The fraction of sp³-hybridized carbons (Fsp3) is 0. The number of hydrogen-bond acceptors (Lipinski definition) is 4. The second-order valence-corrected chi connectivity index (χ2v) is 13.0. The first-order valence-electron chi connectivity index (χ1n) is 24.6. The van der Waals surface area contributed by atoms with Crippen molar-refractivity contribution in [1.29, 1.82) is 0 Å². The Morgan fingerprint density at radius 3 is 1.82 bits per heavy atom. The van der Waals surface area contributed by atoms with Gasteiger partial charge in [-0.25, -0.2) is 15.0 Å². The molecule has 5 heteroatoms. The summed E-state index contributed by atoms with van der Waals surface area (Å²) in [5.74, 6) is -0.753. The Labute approximate surface area is 342 Å². The molecule has 0 fully saturated rings. The zero-order valence-electron chi connectivity index (χ0n) is 43.1. The van der Waals surface area contributed by atoms with Gasteiger partial charge in [-0.2, -0.15) is 0 Å². The van der Waals surface area contributed by atoms with Crippen LogP contribution in [0.2, 0.25) is 0 Å². The van der Waals surface area contributed by atoms with Crippen LogP contribution in [0.25, 0.3) is 106 Å². The summed E-state index contributed by atoms with van der Waals surface area (Å²) in [4.78, 5) is 14.5. The minimum atomic E-state index is -0.634. The van der Waals surface area contributed by atoms with Crippen molar-refractivity contribution < 1.29 is 23.6 Å². The average Bonchev–Trinajstić information content (AvgIpc) is 3.96. The van der Waals surface area contributed by atoms with Crippen LogP contribution in [-0.2, 0) is 0 Å². The molecule has 0 spiro atoms. The Morgan fingerprint density at radius 2 is 1.02 bits per heavy atom. The molecular formula is C51H32N4O. The molecule has 3 aromatic heterocycles. The summed E-state index contributed by atoms with van der Waals surface area (Å²) in [6.07, 6.45) is 0. The molecule has 0 saturated heterocycles. The van der Waals surface area contributed by atoms with E-state index >= 15 is 0 Å². The average molecular weight is 731 g/mol. The Morgan fingerprint density at radius 1 is 0.429 bits per heavy atom. The van der Waals surface area contributed by atoms with E-state index in [1.165, 1.54) is 4.57 Å². The van der Waals surface area contributed by atoms with Crippen LogP contribution in [0.1, 0.15) is 19.2 Å². The van der Waals surface area contributed by atoms with Gasteiger partial charge in [0.05, 0.1) is 30.2 Å². The highest BCUT2D eigenvalue weighted by molar-refractivity contribution is 6.12. The molecular weight excluding hydrogens is 685 g/mol. The molecule has 0 N–H and O–H groups in total. The van der Waals surface area contributed by atoms with Gasteiger partial charge in [0.25, 0.3) is 0 Å². The predicted octanol–water partition coefficient (Wildman–Crippen LogP) is 13.2. The third-order valence-corrected chi connectivity index (χ3v) is 9.63. The molecule has 0 aliphatic heterocycles. The Kier molecular flexibility index (Phi) is 4.83. The van der Waals surface area contributed by atoms with Crippen molar-refractivity contribution in [2.24, 2.45) is 0 Å². The molecule has 0 aliphatic carbocycles. The predicted molar refractivity (Wildman–Crippen MR) is 229 cm³/mol. The second-order valence-electron chi connectivity index (χ2n) is 13.0. The van der Waals surface area contributed by atoms with Crippen LogP contribution in [0.5, 0.6) is 0 Å². The van der Waals surface area contributed by atoms with Crippen molar-refractivity contribution in [3.8, 4) is 62.1 Å². The van der Waals surface area contributed by atoms with E-state index in [2.05, 4.69) is 0 Å². The molecule has 262 valence electrons. The number of rotatable bonds is 6. The highest BCUT2D eigenvalue weighted by Crippen LogP contribution is 2.38. The summed E-state index contributed by atoms with van der Waals surface area (Å²) in [7, 11) is 0. The van der Waals surface area contributed by atoms with Gasteiger partial charge < -0.3 is 8.98 Å². The Hall–Kier alpha value is -7.63. The minimum Gasteiger partial charge on any atom is -0.456 e. The largest absolute Gasteiger partial charge is 0.456 e. The van der Waals surface area contributed by atoms with Gasteiger partial charge in [-0.3, -0.25) is 0 Å². The van der Waals surface area contributed by atoms with E-state index in [0.717, 1.165) is 22.3 Å². The van der Waals surface area contributed by atoms with Crippen LogP contribution >= 0.6 is 0 Å². The molecule has 0 bridgehead atoms. The van der Waals surface area contributed by atoms with E-state index < -0.39 is 84.6 Å². The fourth-order valence-corrected chi connectivity index (χ4v) is 7.06. The maximum atomic E-state index is 9.96. The first kappa shape index (κ1) is 20.7. The maximum Gasteiger partial charge on any atom is 0.164 e. The van der Waals surface area contributed by atoms with Gasteiger partial charge in [0, 0.05) is 43.9 Å². The van der Waals surface area contributed by atoms with Crippen LogP contribution in [0.3, 0.4) is 0 Å². The van der Waals surface area contributed by atoms with Gasteiger partial charge >= 0.3 is 0 Å². The van der Waals surface area contributed by atoms with E-state index in [4.69, 9.17) is 33.1 Å². The number of aromatic nitrogens is 4. The second kappa shape index (κ2) is 13.0. The van der Waals surface area contributed by atoms with E-state index in [1.807, 2.05) is 66.7 Å². The molecule has 8 aromatic carbocycles. The molecule has 11 aromatic rings. The lowest BCUT2D eigenvalue weighted by molar-refractivity contribution is 0.669. The molecule has 0 atom stereocenters. The monoisotopic (exact) mass is 730 g/mol. The molecule has 0 amide bonds. The van der Waals surface area contributed by atoms with Gasteiger partial charge in [-0.05, 0) is 70.7 Å². The van der Waals surface area contributed by atoms with Crippen molar-refractivity contribution >= 4 is 43.7 Å². The number of hydrogen-bond donors (Lipinski definition) is 0. The molecule has 56 heavy (non-hydrogen) atoms. The molecule has 0 saturated carbocycles. The SMILES string of the molecule is [2H]c1c([2H])c([2H])c2c(oc3c([2H])c([2H])c([2H])c(-c4nc(-c5cccc(-c6cccc(-c7ccccc7)c6)c5)nc(-c5c([2H])c([2H])c6c7c([2H])c([2H])c([2H])c([2H])c7n(-c7ccccc7)c6c5[2H])n4)c32)c1[2H]. The van der Waals surface area contributed by atoms with Gasteiger partial charge in [0.2, 0.25) is 0 Å². The first-order chi connectivity index (χ1) is 33.6. The quantitative estimate of drug-likeness (QED) is 0.171. The summed E-state index contributed by atoms with van der Waals surface area (Å²) < 4.78 is 133. The van der Waals surface area contributed by atoms with Crippen LogP contribution in [0, 0.1) is 0 Å². The zero-order valence-corrected chi connectivity index (χ0v) is 29.1. The van der Waals surface area contributed by atoms with Crippen LogP contribution in [0.15, 0.2) is 198 Å². The highest BCUT2D eigenvalue weighted by atomic mass is 16.3. The lowest BCUT2D eigenvalue weighted by atomic mass is 9.98. The lowest BCUT2D eigenvalue weighted by Crippen LogP contribution is -2.01. The van der Waals surface area contributed by atoms with Crippen LogP contribution in [0.4, 0.5) is 0 Å². The Balaban J connectivity index is 1.26. The number of fused-ring (bicyclic) bond motifs is 6. The third kappa shape index (κ3) is 5.37. The van der Waals surface area contributed by atoms with Crippen molar-refractivity contribution in [3.05, 3.63) is 194 Å². The standard InChI is InChI=1S/C51H32N4O/c1-3-14-33(15-4-1)34-16-11-17-35(30-34)36-18-12-19-37(31-36)49-52-50(54-51(53-49)43-24-13-27-47-48(43)42-23-8-10-26-46(42)56-47)38-28-29-41-40-22-7-9-25-44(40)55(45(41)32-38)39-20-5-2-6-21-39/h1-32H/i7D,8D,9D,10D,13D,22D,23D,24D,25D,26D,27D,28D,29D,32D. The van der Waals surface area contributed by atoms with E-state index in [-0.39, 0.29) is 72.3 Å². The van der Waals surface area contributed by atoms with Gasteiger partial charge in [-0.1, -0.05) is 145 Å². The number of furan rings is 1. The van der Waals surface area contributed by atoms with Crippen LogP contribution in [-0.4, -0.2) is 19.5 Å². The van der Waals surface area contributed by atoms with Crippen molar-refractivity contribution in [2.45, 2.75) is 0 Å². The summed E-state index contributed by atoms with van der Waals surface area (Å²) in [5, 5.41) is -0.483. The van der Waals surface area contributed by atoms with E-state index in [1.54, 1.807) is 42.5 Å². The van der Waals surface area contributed by atoms with Crippen molar-refractivity contribution in [1.82, 2.24) is 19.5 Å². The molecule has 3 heterocycles. The molecule has 5 nitrogen and oxygen atoms in total. The fourth-order valence-electron chi connectivity index (χ4n) is 7.06. The van der Waals surface area contributed by atoms with Gasteiger partial charge in [-0.15, -0.1) is 0 Å². The van der Waals surface area contributed by atoms with Crippen LogP contribution < -0.4 is 0 Å². The Bertz CT molecular complexity index is 4070. The molecule has 0 unspecified atom stereocenters. The lowest BCUT2D eigenvalue weighted by Gasteiger charge is -2.12. The molecule has 0 radical (unpaired) electrons. The summed E-state index contributed by atoms with van der Waals surface area (Å²) in [6.45, 7) is 0. The van der Waals surface area contributed by atoms with Gasteiger partial charge in [0.1, 0.15) is 11.2 Å². The third-order valence-electron chi connectivity index (χ3n) is 9.63. The maximum absolute atomic E-state index is 9.96. The number of nitrogens with zero attached hydrogens (tertiary/aromatic N) is 4. The van der Waals surface area contributed by atoms with Crippen molar-refractivity contribution in [2.75, 3.05) is 0 Å². The van der Waals surface area contributed by atoms with E-state index in [0.29, 0.717) is 11.3 Å². The summed E-state index contributed by atoms with van der Waals surface area (Å²) >= 11 is 0. The normalized spacial score (nSPS) is 15.1. The zero-order chi connectivity index (χ0) is 49.2. The highest BCUT2D eigenvalue weighted by Gasteiger charge is 2.20. The smallest absolute Gasteiger partial charge is 0.164 e. The topological polar surface area (TPSA) is 56.7 Å². The number of para-hydroxylation sites is 3. The summed E-state index contributed by atoms with van der Waals surface area (Å²) in [6, 6.07) is 25.9. The first-order valence-corrected chi connectivity index (χ1v) is 17.6. The number of benzene rings is 8. The molecule has 11 rings (SSSR count). The minimum absolute atomic E-state index is 0.0213. The summed E-state index contributed by atoms with van der Waals surface area (Å²) in [5.41, 5.74) is 3.05. The molecule has 0 aliphatic rings. The van der Waals surface area contributed by atoms with Crippen molar-refractivity contribution in [3.63, 3.8) is 0 Å².